The molecule has 3 aliphatic rings. The van der Waals surface area contributed by atoms with Crippen LogP contribution in [-0.2, 0) is 14.3 Å². The number of aliphatic carboxylic acids is 1. The number of nitrogens with zero attached hydrogens (tertiary/aromatic N) is 4. The van der Waals surface area contributed by atoms with Gasteiger partial charge in [0.05, 0.1) is 18.1 Å². The van der Waals surface area contributed by atoms with Crippen molar-refractivity contribution in [1.29, 1.82) is 0 Å². The predicted molar refractivity (Wildman–Crippen MR) is 122 cm³/mol. The number of H-pyrrole nitrogens is 1. The second-order valence-corrected chi connectivity index (χ2v) is 10.3. The number of aliphatic hydroxyl groups is 1. The number of hydrogen-bond donors (Lipinski definition) is 3. The number of aliphatic hydroxyl groups excluding tert-OH is 1. The lowest BCUT2D eigenvalue weighted by Gasteiger charge is -2.46. The van der Waals surface area contributed by atoms with Crippen molar-refractivity contribution in [2.45, 2.75) is 56.5 Å². The Hall–Kier alpha value is -2.86. The zero-order chi connectivity index (χ0) is 24.7. The molecule has 1 aromatic rings. The summed E-state index contributed by atoms with van der Waals surface area (Å²) in [6.45, 7) is 9.41. The van der Waals surface area contributed by atoms with Crippen molar-refractivity contribution < 1.29 is 29.3 Å². The molecule has 11 nitrogen and oxygen atoms in total. The molecule has 12 heteroatoms. The van der Waals surface area contributed by atoms with Gasteiger partial charge < -0.3 is 24.7 Å². The van der Waals surface area contributed by atoms with E-state index in [4.69, 9.17) is 4.74 Å². The van der Waals surface area contributed by atoms with E-state index in [1.54, 1.807) is 11.8 Å². The van der Waals surface area contributed by atoms with Crippen LogP contribution in [0.1, 0.15) is 38.9 Å². The van der Waals surface area contributed by atoms with Gasteiger partial charge in [0.2, 0.25) is 5.91 Å². The topological polar surface area (TPSA) is 149 Å². The summed E-state index contributed by atoms with van der Waals surface area (Å²) in [4.78, 5) is 45.3. The van der Waals surface area contributed by atoms with E-state index in [1.807, 2.05) is 13.8 Å². The van der Waals surface area contributed by atoms with E-state index >= 15 is 0 Å². The van der Waals surface area contributed by atoms with Crippen LogP contribution in [0.3, 0.4) is 0 Å². The van der Waals surface area contributed by atoms with Crippen molar-refractivity contribution in [3.8, 4) is 0 Å². The molecule has 4 heterocycles. The Bertz CT molecular complexity index is 1010. The van der Waals surface area contributed by atoms with Gasteiger partial charge in [-0.25, -0.2) is 14.6 Å². The minimum atomic E-state index is -1.17. The highest BCUT2D eigenvalue weighted by atomic mass is 32.2. The van der Waals surface area contributed by atoms with Crippen LogP contribution in [0, 0.1) is 11.8 Å². The maximum atomic E-state index is 12.8. The van der Waals surface area contributed by atoms with Gasteiger partial charge in [-0.05, 0) is 13.3 Å². The van der Waals surface area contributed by atoms with Gasteiger partial charge in [0.15, 0.2) is 0 Å². The molecule has 7 atom stereocenters. The molecule has 0 radical (unpaired) electrons. The maximum absolute atomic E-state index is 12.8. The fourth-order valence-corrected chi connectivity index (χ4v) is 6.82. The molecule has 2 amide bonds. The molecule has 34 heavy (non-hydrogen) atoms. The molecule has 4 rings (SSSR count). The number of carbonyl (C=O) groups excluding carboxylic acids is 2. The molecule has 2 saturated heterocycles. The van der Waals surface area contributed by atoms with E-state index < -0.39 is 24.1 Å². The number of thioether (sulfide) groups is 1. The zero-order valence-electron chi connectivity index (χ0n) is 19.2. The van der Waals surface area contributed by atoms with Crippen LogP contribution in [0.15, 0.2) is 29.6 Å². The van der Waals surface area contributed by atoms with Gasteiger partial charge in [0.1, 0.15) is 24.5 Å². The molecule has 0 saturated carbocycles. The Kier molecular flexibility index (Phi) is 6.72. The number of hydrogen-bond acceptors (Lipinski definition) is 8. The maximum Gasteiger partial charge on any atom is 0.410 e. The van der Waals surface area contributed by atoms with Crippen LogP contribution in [0.5, 0.6) is 0 Å². The summed E-state index contributed by atoms with van der Waals surface area (Å²) in [5, 5.41) is 26.6. The molecule has 2 fully saturated rings. The first-order valence-electron chi connectivity index (χ1n) is 11.2. The number of nitrogens with one attached hydrogen (secondary N) is 1. The first-order chi connectivity index (χ1) is 16.2. The lowest BCUT2D eigenvalue weighted by molar-refractivity contribution is -0.163. The smallest absolute Gasteiger partial charge is 0.410 e. The number of likely N-dealkylation sites (tertiary alicyclic amines) is 1. The van der Waals surface area contributed by atoms with Gasteiger partial charge in [0.25, 0.3) is 0 Å². The molecular formula is C22H29N5O6S. The van der Waals surface area contributed by atoms with Gasteiger partial charge in [-0.1, -0.05) is 26.5 Å². The molecule has 0 bridgehead atoms. The standard InChI is InChI=1S/C22H29N5O6S/c1-5-6-33-22(32)26-8-13(7-14(26)10(2)19-23-9-24-25-19)34-18-11(3)16-15(12(4)28)20(29)27(16)17(18)21(30)31/h5,9-16,28H,1,6-8H2,2-4H3,(H,30,31)(H,23,24,25)/t10?,11-,12-,13+,14-,15-,16-/m1/s1. The second-order valence-electron chi connectivity index (χ2n) is 8.99. The van der Waals surface area contributed by atoms with E-state index in [9.17, 15) is 24.6 Å². The van der Waals surface area contributed by atoms with Gasteiger partial charge in [-0.2, -0.15) is 5.10 Å². The van der Waals surface area contributed by atoms with Crippen LogP contribution >= 0.6 is 11.8 Å². The van der Waals surface area contributed by atoms with Crippen LogP contribution < -0.4 is 0 Å². The molecular weight excluding hydrogens is 462 g/mol. The average Bonchev–Trinajstić information content (AvgIpc) is 3.50. The number of aromatic nitrogens is 3. The van der Waals surface area contributed by atoms with E-state index in [-0.39, 0.29) is 47.4 Å². The van der Waals surface area contributed by atoms with Gasteiger partial charge >= 0.3 is 12.1 Å². The zero-order valence-corrected chi connectivity index (χ0v) is 20.1. The summed E-state index contributed by atoms with van der Waals surface area (Å²) in [5.41, 5.74) is -0.0167. The number of carboxylic acids is 1. The lowest BCUT2D eigenvalue weighted by Crippen LogP contribution is -2.63. The molecule has 184 valence electrons. The van der Waals surface area contributed by atoms with Crippen LogP contribution in [0.2, 0.25) is 0 Å². The third-order valence-corrected chi connectivity index (χ3v) is 8.40. The number of amides is 2. The molecule has 0 aliphatic carbocycles. The molecule has 0 aromatic carbocycles. The number of carboxylic acid groups (broad SMARTS) is 1. The van der Waals surface area contributed by atoms with Crippen LogP contribution in [0.25, 0.3) is 0 Å². The van der Waals surface area contributed by atoms with Crippen molar-refractivity contribution in [2.24, 2.45) is 11.8 Å². The Morgan fingerprint density at radius 1 is 1.44 bits per heavy atom. The highest BCUT2D eigenvalue weighted by molar-refractivity contribution is 8.03. The summed E-state index contributed by atoms with van der Waals surface area (Å²) < 4.78 is 5.30. The van der Waals surface area contributed by atoms with E-state index in [0.717, 1.165) is 0 Å². The molecule has 1 aromatic heterocycles. The van der Waals surface area contributed by atoms with Crippen molar-refractivity contribution in [2.75, 3.05) is 13.2 Å². The van der Waals surface area contributed by atoms with Crippen molar-refractivity contribution in [3.05, 3.63) is 35.4 Å². The SMILES string of the molecule is C=CCOC(=O)N1C[C@@H](SC2=C(C(=O)O)N3C(=O)[C@H]([C@@H](C)O)[C@H]3[C@H]2C)C[C@@H]1C(C)c1ncn[nH]1. The highest BCUT2D eigenvalue weighted by Gasteiger charge is 2.60. The minimum absolute atomic E-state index is 0.0167. The molecule has 3 N–H and O–H groups in total. The highest BCUT2D eigenvalue weighted by Crippen LogP contribution is 2.52. The summed E-state index contributed by atoms with van der Waals surface area (Å²) in [6, 6.07) is -0.614. The summed E-state index contributed by atoms with van der Waals surface area (Å²) >= 11 is 1.39. The average molecular weight is 492 g/mol. The van der Waals surface area contributed by atoms with Crippen molar-refractivity contribution in [1.82, 2.24) is 25.0 Å². The largest absolute Gasteiger partial charge is 0.477 e. The Morgan fingerprint density at radius 2 is 2.18 bits per heavy atom. The normalized spacial score (nSPS) is 30.1. The van der Waals surface area contributed by atoms with Crippen molar-refractivity contribution >= 4 is 29.7 Å². The monoisotopic (exact) mass is 491 g/mol. The number of carbonyl (C=O) groups is 3. The molecule has 1 unspecified atom stereocenters. The van der Waals surface area contributed by atoms with Crippen LogP contribution in [-0.4, -0.2) is 89.8 Å². The van der Waals surface area contributed by atoms with Gasteiger partial charge in [-0.15, -0.1) is 11.8 Å². The number of aromatic amines is 1. The first-order valence-corrected chi connectivity index (χ1v) is 12.1. The number of β-lactam (4-membered cyclic amide) rings is 1. The van der Waals surface area contributed by atoms with E-state index in [0.29, 0.717) is 23.7 Å². The third kappa shape index (κ3) is 3.98. The minimum Gasteiger partial charge on any atom is -0.477 e. The van der Waals surface area contributed by atoms with Crippen molar-refractivity contribution in [3.63, 3.8) is 0 Å². The summed E-state index contributed by atoms with van der Waals surface area (Å²) in [7, 11) is 0. The van der Waals surface area contributed by atoms with E-state index in [2.05, 4.69) is 21.8 Å². The molecule has 3 aliphatic heterocycles. The van der Waals surface area contributed by atoms with Crippen LogP contribution in [0.4, 0.5) is 4.79 Å². The predicted octanol–water partition coefficient (Wildman–Crippen LogP) is 1.56. The summed E-state index contributed by atoms with van der Waals surface area (Å²) in [5.74, 6) is -1.89. The quantitative estimate of drug-likeness (QED) is 0.364. The Morgan fingerprint density at radius 3 is 2.76 bits per heavy atom. The van der Waals surface area contributed by atoms with Gasteiger partial charge in [0, 0.05) is 34.6 Å². The molecule has 0 spiro atoms. The fourth-order valence-electron chi connectivity index (χ4n) is 5.28. The Labute approximate surface area is 201 Å². The Balaban J connectivity index is 1.58. The van der Waals surface area contributed by atoms with Gasteiger partial charge in [-0.3, -0.25) is 9.89 Å². The summed E-state index contributed by atoms with van der Waals surface area (Å²) in [6.07, 6.45) is 2.16. The van der Waals surface area contributed by atoms with E-state index in [1.165, 1.54) is 29.1 Å². The second kappa shape index (κ2) is 9.41. The number of ether oxygens (including phenoxy) is 1. The first kappa shape index (κ1) is 24.3. The fraction of sp³-hybridized carbons (Fsp3) is 0.591. The lowest BCUT2D eigenvalue weighted by atomic mass is 9.79. The third-order valence-electron chi connectivity index (χ3n) is 6.91. The number of rotatable bonds is 8. The number of fused-ring (bicyclic) bond motifs is 1.